The molecule has 2 N–H and O–H groups in total. The van der Waals surface area contributed by atoms with Crippen LogP contribution < -0.4 is 15.6 Å². The third-order valence-corrected chi connectivity index (χ3v) is 4.37. The van der Waals surface area contributed by atoms with E-state index in [0.717, 1.165) is 16.5 Å². The summed E-state index contributed by atoms with van der Waals surface area (Å²) in [6, 6.07) is 15.4. The van der Waals surface area contributed by atoms with Gasteiger partial charge in [-0.2, -0.15) is 0 Å². The molecule has 1 atom stereocenters. The van der Waals surface area contributed by atoms with Crippen molar-refractivity contribution in [2.24, 2.45) is 0 Å². The second-order valence-corrected chi connectivity index (χ2v) is 6.84. The summed E-state index contributed by atoms with van der Waals surface area (Å²) in [5, 5.41) is 0. The summed E-state index contributed by atoms with van der Waals surface area (Å²) in [6.45, 7) is 3.73. The van der Waals surface area contributed by atoms with Gasteiger partial charge in [0.05, 0.1) is 0 Å². The predicted octanol–water partition coefficient (Wildman–Crippen LogP) is 3.56. The minimum absolute atomic E-state index is 0.243. The molecule has 0 aliphatic carbocycles. The molecule has 0 aliphatic rings. The molecule has 0 spiro atoms. The Hall–Kier alpha value is -2.34. The molecule has 0 fully saturated rings. The van der Waals surface area contributed by atoms with Crippen molar-refractivity contribution in [3.63, 3.8) is 0 Å². The maximum absolute atomic E-state index is 12.0. The molecule has 2 aromatic carbocycles. The van der Waals surface area contributed by atoms with E-state index in [1.54, 1.807) is 19.1 Å². The largest absolute Gasteiger partial charge is 0.481 e. The van der Waals surface area contributed by atoms with E-state index in [9.17, 15) is 9.59 Å². The van der Waals surface area contributed by atoms with Crippen LogP contribution in [0.25, 0.3) is 0 Å². The van der Waals surface area contributed by atoms with Gasteiger partial charge >= 0.3 is 0 Å². The molecule has 5 nitrogen and oxygen atoms in total. The van der Waals surface area contributed by atoms with Gasteiger partial charge in [0.1, 0.15) is 5.75 Å². The number of amides is 2. The van der Waals surface area contributed by atoms with Crippen molar-refractivity contribution in [2.75, 3.05) is 0 Å². The van der Waals surface area contributed by atoms with Gasteiger partial charge in [-0.15, -0.1) is 0 Å². The lowest BCUT2D eigenvalue weighted by Gasteiger charge is -2.15. The van der Waals surface area contributed by atoms with Gasteiger partial charge in [0.25, 0.3) is 5.91 Å². The molecule has 0 aromatic heterocycles. The second kappa shape index (κ2) is 9.97. The quantitative estimate of drug-likeness (QED) is 0.675. The minimum atomic E-state index is -0.730. The highest BCUT2D eigenvalue weighted by Gasteiger charge is 2.15. The van der Waals surface area contributed by atoms with Crippen molar-refractivity contribution < 1.29 is 14.3 Å². The molecule has 2 amide bonds. The first-order valence-electron chi connectivity index (χ1n) is 8.56. The maximum Gasteiger partial charge on any atom is 0.279 e. The number of carbonyl (C=O) groups excluding carboxylic acids is 2. The van der Waals surface area contributed by atoms with Crippen molar-refractivity contribution in [1.29, 1.82) is 0 Å². The van der Waals surface area contributed by atoms with E-state index in [1.165, 1.54) is 5.56 Å². The molecule has 0 bridgehead atoms. The minimum Gasteiger partial charge on any atom is -0.481 e. The highest BCUT2D eigenvalue weighted by atomic mass is 79.9. The predicted molar refractivity (Wildman–Crippen MR) is 105 cm³/mol. The van der Waals surface area contributed by atoms with Gasteiger partial charge in [0.15, 0.2) is 6.10 Å². The number of hydrogen-bond acceptors (Lipinski definition) is 3. The molecule has 0 unspecified atom stereocenters. The highest BCUT2D eigenvalue weighted by Crippen LogP contribution is 2.18. The van der Waals surface area contributed by atoms with Crippen molar-refractivity contribution in [2.45, 2.75) is 39.2 Å². The Balaban J connectivity index is 1.72. The van der Waals surface area contributed by atoms with Gasteiger partial charge in [-0.3, -0.25) is 20.4 Å². The Morgan fingerprint density at radius 2 is 1.77 bits per heavy atom. The van der Waals surface area contributed by atoms with Crippen LogP contribution in [0.5, 0.6) is 5.75 Å². The topological polar surface area (TPSA) is 67.4 Å². The molecule has 138 valence electrons. The number of benzene rings is 2. The average molecular weight is 419 g/mol. The van der Waals surface area contributed by atoms with E-state index in [1.807, 2.05) is 24.3 Å². The molecule has 2 rings (SSSR count). The summed E-state index contributed by atoms with van der Waals surface area (Å²) in [5.74, 6) is -0.0814. The SMILES string of the molecule is CCc1ccc(CCC(=O)NNC(=O)[C@@H](C)Oc2cccc(Br)c2)cc1. The lowest BCUT2D eigenvalue weighted by Crippen LogP contribution is -2.47. The zero-order chi connectivity index (χ0) is 18.9. The average Bonchev–Trinajstić information content (AvgIpc) is 2.64. The highest BCUT2D eigenvalue weighted by molar-refractivity contribution is 9.10. The fourth-order valence-corrected chi connectivity index (χ4v) is 2.67. The Morgan fingerprint density at radius 1 is 1.08 bits per heavy atom. The molecule has 0 saturated heterocycles. The van der Waals surface area contributed by atoms with E-state index in [0.29, 0.717) is 18.6 Å². The molecule has 2 aromatic rings. The number of nitrogens with one attached hydrogen (secondary N) is 2. The third kappa shape index (κ3) is 6.52. The van der Waals surface area contributed by atoms with E-state index < -0.39 is 12.0 Å². The Morgan fingerprint density at radius 3 is 2.42 bits per heavy atom. The van der Waals surface area contributed by atoms with Gasteiger partial charge in [0, 0.05) is 10.9 Å². The number of ether oxygens (including phenoxy) is 1. The molecule has 0 heterocycles. The number of halogens is 1. The van der Waals surface area contributed by atoms with Crippen LogP contribution in [0.2, 0.25) is 0 Å². The summed E-state index contributed by atoms with van der Waals surface area (Å²) in [5.41, 5.74) is 7.18. The first-order chi connectivity index (χ1) is 12.5. The van der Waals surface area contributed by atoms with Gasteiger partial charge < -0.3 is 4.74 Å². The monoisotopic (exact) mass is 418 g/mol. The van der Waals surface area contributed by atoms with E-state index in [2.05, 4.69) is 45.8 Å². The second-order valence-electron chi connectivity index (χ2n) is 5.92. The van der Waals surface area contributed by atoms with Crippen molar-refractivity contribution >= 4 is 27.7 Å². The normalized spacial score (nSPS) is 11.5. The molecule has 0 aliphatic heterocycles. The smallest absolute Gasteiger partial charge is 0.279 e. The first-order valence-corrected chi connectivity index (χ1v) is 9.36. The number of carbonyl (C=O) groups is 2. The third-order valence-electron chi connectivity index (χ3n) is 3.88. The van der Waals surface area contributed by atoms with Crippen LogP contribution in [0.1, 0.15) is 31.4 Å². The van der Waals surface area contributed by atoms with Gasteiger partial charge in [-0.1, -0.05) is 53.2 Å². The molecule has 0 saturated carbocycles. The fraction of sp³-hybridized carbons (Fsp3) is 0.300. The van der Waals surface area contributed by atoms with Crippen LogP contribution >= 0.6 is 15.9 Å². The van der Waals surface area contributed by atoms with Crippen LogP contribution in [0.4, 0.5) is 0 Å². The zero-order valence-corrected chi connectivity index (χ0v) is 16.5. The standard InChI is InChI=1S/C20H23BrN2O3/c1-3-15-7-9-16(10-8-15)11-12-19(24)22-23-20(25)14(2)26-18-6-4-5-17(21)13-18/h4-10,13-14H,3,11-12H2,1-2H3,(H,22,24)(H,23,25)/t14-/m1/s1. The molecule has 6 heteroatoms. The molecular weight excluding hydrogens is 396 g/mol. The van der Waals surface area contributed by atoms with Crippen molar-refractivity contribution in [1.82, 2.24) is 10.9 Å². The summed E-state index contributed by atoms with van der Waals surface area (Å²) in [7, 11) is 0. The zero-order valence-electron chi connectivity index (χ0n) is 14.9. The van der Waals surface area contributed by atoms with Crippen LogP contribution in [0, 0.1) is 0 Å². The Labute approximate surface area is 162 Å². The van der Waals surface area contributed by atoms with Gasteiger partial charge in [-0.05, 0) is 49.1 Å². The van der Waals surface area contributed by atoms with Crippen molar-refractivity contribution in [3.8, 4) is 5.75 Å². The fourth-order valence-electron chi connectivity index (χ4n) is 2.29. The van der Waals surface area contributed by atoms with Crippen molar-refractivity contribution in [3.05, 3.63) is 64.1 Å². The van der Waals surface area contributed by atoms with E-state index in [4.69, 9.17) is 4.74 Å². The maximum atomic E-state index is 12.0. The lowest BCUT2D eigenvalue weighted by atomic mass is 10.1. The van der Waals surface area contributed by atoms with Crippen LogP contribution in [0.3, 0.4) is 0 Å². The molecule has 0 radical (unpaired) electrons. The summed E-state index contributed by atoms with van der Waals surface area (Å²) >= 11 is 3.35. The van der Waals surface area contributed by atoms with Crippen LogP contribution in [0.15, 0.2) is 53.0 Å². The summed E-state index contributed by atoms with van der Waals surface area (Å²) in [4.78, 5) is 23.9. The number of aryl methyl sites for hydroxylation is 2. The summed E-state index contributed by atoms with van der Waals surface area (Å²) < 4.78 is 6.41. The Kier molecular flexibility index (Phi) is 7.66. The van der Waals surface area contributed by atoms with Gasteiger partial charge in [-0.25, -0.2) is 0 Å². The van der Waals surface area contributed by atoms with E-state index >= 15 is 0 Å². The van der Waals surface area contributed by atoms with Gasteiger partial charge in [0.2, 0.25) is 5.91 Å². The molecule has 26 heavy (non-hydrogen) atoms. The number of hydrazine groups is 1. The number of rotatable bonds is 7. The lowest BCUT2D eigenvalue weighted by molar-refractivity contribution is -0.132. The Bertz CT molecular complexity index is 747. The molecular formula is C20H23BrN2O3. The number of hydrogen-bond donors (Lipinski definition) is 2. The van der Waals surface area contributed by atoms with E-state index in [-0.39, 0.29) is 5.91 Å². The van der Waals surface area contributed by atoms with Crippen LogP contribution in [-0.4, -0.2) is 17.9 Å². The summed E-state index contributed by atoms with van der Waals surface area (Å²) in [6.07, 6.45) is 1.18. The first kappa shape index (κ1) is 20.0. The van der Waals surface area contributed by atoms with Crippen LogP contribution in [-0.2, 0) is 22.4 Å².